The van der Waals surface area contributed by atoms with Crippen molar-refractivity contribution in [2.45, 2.75) is 55.7 Å². The van der Waals surface area contributed by atoms with Gasteiger partial charge in [0.15, 0.2) is 0 Å². The Morgan fingerprint density at radius 1 is 1.08 bits per heavy atom. The third kappa shape index (κ3) is 6.15. The summed E-state index contributed by atoms with van der Waals surface area (Å²) in [7, 11) is 0. The monoisotopic (exact) mass is 386 g/mol. The van der Waals surface area contributed by atoms with Crippen molar-refractivity contribution in [2.75, 3.05) is 18.1 Å². The molecule has 0 aliphatic carbocycles. The standard InChI is InChI=1S/C14H20OS.C5H10O3S/c1-3-14-11(2)13(10-16-14)15-9-12-7-5-4-6-8-12;6-1-4-5(8)3(7)2-9-4/h4-8,11,13-14H,3,9-10H2,1-2H3;3-8H,1-2H2/t11-,13+,14+;3-,4-,5+/m01/s1. The topological polar surface area (TPSA) is 69.9 Å². The third-order valence-corrected chi connectivity index (χ3v) is 7.89. The van der Waals surface area contributed by atoms with E-state index in [4.69, 9.17) is 20.1 Å². The predicted molar refractivity (Wildman–Crippen MR) is 106 cm³/mol. The SMILES string of the molecule is CC[C@H]1SC[C@@H](OCc2ccccc2)[C@@H]1C.OC[C@H]1SC[C@@H](O)[C@@H]1O. The molecular formula is C19H30O4S2. The zero-order chi connectivity index (χ0) is 18.2. The van der Waals surface area contributed by atoms with Crippen molar-refractivity contribution in [2.24, 2.45) is 5.92 Å². The Kier molecular flexibility index (Phi) is 9.10. The van der Waals surface area contributed by atoms with E-state index >= 15 is 0 Å². The van der Waals surface area contributed by atoms with E-state index in [1.807, 2.05) is 6.07 Å². The number of hydrogen-bond donors (Lipinski definition) is 3. The highest BCUT2D eigenvalue weighted by atomic mass is 32.2. The molecule has 0 spiro atoms. The Bertz CT molecular complexity index is 488. The van der Waals surface area contributed by atoms with Gasteiger partial charge in [-0.05, 0) is 17.9 Å². The molecule has 0 radical (unpaired) electrons. The van der Waals surface area contributed by atoms with E-state index in [-0.39, 0.29) is 11.9 Å². The zero-order valence-electron chi connectivity index (χ0n) is 15.0. The van der Waals surface area contributed by atoms with Crippen LogP contribution in [0.3, 0.4) is 0 Å². The van der Waals surface area contributed by atoms with Gasteiger partial charge in [-0.1, -0.05) is 44.2 Å². The average molecular weight is 387 g/mol. The fraction of sp³-hybridized carbons (Fsp3) is 0.684. The molecule has 1 aromatic rings. The van der Waals surface area contributed by atoms with Crippen molar-refractivity contribution in [3.05, 3.63) is 35.9 Å². The minimum absolute atomic E-state index is 0.0527. The summed E-state index contributed by atoms with van der Waals surface area (Å²) in [6.07, 6.45) is 0.319. The lowest BCUT2D eigenvalue weighted by Gasteiger charge is -2.19. The Hall–Kier alpha value is -0.240. The van der Waals surface area contributed by atoms with Crippen molar-refractivity contribution < 1.29 is 20.1 Å². The second kappa shape index (κ2) is 10.8. The Balaban J connectivity index is 0.000000212. The summed E-state index contributed by atoms with van der Waals surface area (Å²) < 4.78 is 6.01. The quantitative estimate of drug-likeness (QED) is 0.723. The van der Waals surface area contributed by atoms with Gasteiger partial charge in [-0.15, -0.1) is 0 Å². The maximum atomic E-state index is 9.03. The second-order valence-corrected chi connectivity index (χ2v) is 9.13. The van der Waals surface area contributed by atoms with Gasteiger partial charge in [-0.2, -0.15) is 23.5 Å². The van der Waals surface area contributed by atoms with Crippen LogP contribution in [0, 0.1) is 5.92 Å². The molecule has 2 aliphatic rings. The fourth-order valence-corrected chi connectivity index (χ4v) is 5.73. The molecule has 0 aromatic heterocycles. The van der Waals surface area contributed by atoms with Gasteiger partial charge >= 0.3 is 0 Å². The van der Waals surface area contributed by atoms with Crippen LogP contribution in [0.15, 0.2) is 30.3 Å². The van der Waals surface area contributed by atoms with E-state index in [9.17, 15) is 0 Å². The number of hydrogen-bond acceptors (Lipinski definition) is 6. The fourth-order valence-electron chi connectivity index (χ4n) is 3.06. The largest absolute Gasteiger partial charge is 0.395 e. The van der Waals surface area contributed by atoms with Crippen LogP contribution < -0.4 is 0 Å². The van der Waals surface area contributed by atoms with Gasteiger partial charge < -0.3 is 20.1 Å². The lowest BCUT2D eigenvalue weighted by molar-refractivity contribution is 0.0269. The molecule has 4 nitrogen and oxygen atoms in total. The molecule has 142 valence electrons. The molecule has 0 unspecified atom stereocenters. The van der Waals surface area contributed by atoms with Gasteiger partial charge in [-0.25, -0.2) is 0 Å². The number of benzene rings is 1. The first-order chi connectivity index (χ1) is 12.1. The smallest absolute Gasteiger partial charge is 0.0947 e. The van der Waals surface area contributed by atoms with Gasteiger partial charge in [-0.3, -0.25) is 0 Å². The van der Waals surface area contributed by atoms with Crippen LogP contribution in [0.1, 0.15) is 25.8 Å². The van der Waals surface area contributed by atoms with Crippen LogP contribution in [0.5, 0.6) is 0 Å². The molecule has 0 amide bonds. The maximum Gasteiger partial charge on any atom is 0.0947 e. The second-order valence-electron chi connectivity index (χ2n) is 6.59. The van der Waals surface area contributed by atoms with Crippen LogP contribution >= 0.6 is 23.5 Å². The van der Waals surface area contributed by atoms with Crippen molar-refractivity contribution in [3.63, 3.8) is 0 Å². The molecule has 25 heavy (non-hydrogen) atoms. The highest BCUT2D eigenvalue weighted by molar-refractivity contribution is 8.00. The van der Waals surface area contributed by atoms with E-state index in [0.717, 1.165) is 17.6 Å². The molecule has 0 saturated carbocycles. The molecule has 2 heterocycles. The van der Waals surface area contributed by atoms with Crippen molar-refractivity contribution in [1.29, 1.82) is 0 Å². The average Bonchev–Trinajstić information content (AvgIpc) is 3.16. The maximum absolute atomic E-state index is 9.03. The van der Waals surface area contributed by atoms with Gasteiger partial charge in [0.2, 0.25) is 0 Å². The van der Waals surface area contributed by atoms with E-state index in [2.05, 4.69) is 49.9 Å². The first kappa shape index (κ1) is 21.1. The minimum atomic E-state index is -0.736. The first-order valence-electron chi connectivity index (χ1n) is 8.92. The van der Waals surface area contributed by atoms with Crippen LogP contribution in [0.2, 0.25) is 0 Å². The minimum Gasteiger partial charge on any atom is -0.395 e. The molecule has 0 bridgehead atoms. The highest BCUT2D eigenvalue weighted by Gasteiger charge is 2.33. The third-order valence-electron chi connectivity index (χ3n) is 4.79. The molecule has 1 aromatic carbocycles. The number of thioether (sulfide) groups is 2. The normalized spacial score (nSPS) is 34.6. The van der Waals surface area contributed by atoms with Gasteiger partial charge in [0.05, 0.1) is 36.8 Å². The molecule has 3 rings (SSSR count). The zero-order valence-corrected chi connectivity index (χ0v) is 16.6. The summed E-state index contributed by atoms with van der Waals surface area (Å²) in [5.41, 5.74) is 1.28. The Morgan fingerprint density at radius 3 is 2.24 bits per heavy atom. The summed E-state index contributed by atoms with van der Waals surface area (Å²) >= 11 is 3.48. The molecule has 6 atom stereocenters. The van der Waals surface area contributed by atoms with Crippen LogP contribution in [0.4, 0.5) is 0 Å². The summed E-state index contributed by atoms with van der Waals surface area (Å²) in [5.74, 6) is 2.39. The van der Waals surface area contributed by atoms with Crippen molar-refractivity contribution in [1.82, 2.24) is 0 Å². The number of aliphatic hydroxyl groups excluding tert-OH is 3. The molecule has 2 fully saturated rings. The van der Waals surface area contributed by atoms with E-state index in [0.29, 0.717) is 17.8 Å². The lowest BCUT2D eigenvalue weighted by Crippen LogP contribution is -2.30. The van der Waals surface area contributed by atoms with Crippen LogP contribution in [-0.2, 0) is 11.3 Å². The Morgan fingerprint density at radius 2 is 1.76 bits per heavy atom. The molecule has 6 heteroatoms. The molecule has 2 aliphatic heterocycles. The van der Waals surface area contributed by atoms with Gasteiger partial charge in [0.1, 0.15) is 0 Å². The first-order valence-corrected chi connectivity index (χ1v) is 11.0. The van der Waals surface area contributed by atoms with Crippen LogP contribution in [-0.4, -0.2) is 62.2 Å². The number of rotatable bonds is 5. The summed E-state index contributed by atoms with van der Waals surface area (Å²) in [5, 5.41) is 27.1. The summed E-state index contributed by atoms with van der Waals surface area (Å²) in [4.78, 5) is 0. The molecular weight excluding hydrogens is 356 g/mol. The number of aliphatic hydroxyl groups is 3. The Labute approximate surface area is 159 Å². The predicted octanol–water partition coefficient (Wildman–Crippen LogP) is 2.55. The van der Waals surface area contributed by atoms with Crippen molar-refractivity contribution >= 4 is 23.5 Å². The molecule has 2 saturated heterocycles. The van der Waals surface area contributed by atoms with E-state index < -0.39 is 12.2 Å². The lowest BCUT2D eigenvalue weighted by atomic mass is 10.0. The molecule has 3 N–H and O–H groups in total. The van der Waals surface area contributed by atoms with Crippen LogP contribution in [0.25, 0.3) is 0 Å². The summed E-state index contributed by atoms with van der Waals surface area (Å²) in [6.45, 7) is 5.30. The highest BCUT2D eigenvalue weighted by Crippen LogP contribution is 2.36. The van der Waals surface area contributed by atoms with E-state index in [1.165, 1.54) is 23.7 Å². The summed E-state index contributed by atoms with van der Waals surface area (Å²) in [6, 6.07) is 10.4. The van der Waals surface area contributed by atoms with Crippen molar-refractivity contribution in [3.8, 4) is 0 Å². The van der Waals surface area contributed by atoms with E-state index in [1.54, 1.807) is 0 Å². The van der Waals surface area contributed by atoms with Gasteiger partial charge in [0, 0.05) is 16.8 Å². The number of ether oxygens (including phenoxy) is 1. The van der Waals surface area contributed by atoms with Gasteiger partial charge in [0.25, 0.3) is 0 Å².